The number of aliphatic hydroxyl groups is 1. The third-order valence-corrected chi connectivity index (χ3v) is 22.2. The molecular weight excluding hydrogens is 1350 g/mol. The van der Waals surface area contributed by atoms with Gasteiger partial charge in [-0.05, 0) is 37.5 Å². The van der Waals surface area contributed by atoms with Crippen molar-refractivity contribution in [2.24, 2.45) is 11.8 Å². The van der Waals surface area contributed by atoms with Gasteiger partial charge in [-0.25, -0.2) is 9.13 Å². The van der Waals surface area contributed by atoms with Gasteiger partial charge < -0.3 is 33.8 Å². The van der Waals surface area contributed by atoms with Crippen molar-refractivity contribution in [3.8, 4) is 0 Å². The first kappa shape index (κ1) is 102. The zero-order chi connectivity index (χ0) is 76.4. The first-order valence-electron chi connectivity index (χ1n) is 44.0. The van der Waals surface area contributed by atoms with Crippen molar-refractivity contribution in [1.29, 1.82) is 0 Å². The van der Waals surface area contributed by atoms with Gasteiger partial charge in [0.05, 0.1) is 26.4 Å². The molecule has 0 aromatic carbocycles. The molecule has 0 aromatic heterocycles. The molecule has 0 radical (unpaired) electrons. The number of carbonyl (C=O) groups is 4. The summed E-state index contributed by atoms with van der Waals surface area (Å²) in [7, 11) is -9.93. The minimum atomic E-state index is -4.97. The molecule has 3 N–H and O–H groups in total. The van der Waals surface area contributed by atoms with Gasteiger partial charge in [-0.3, -0.25) is 37.3 Å². The predicted octanol–water partition coefficient (Wildman–Crippen LogP) is 25.8. The van der Waals surface area contributed by atoms with Gasteiger partial charge in [0, 0.05) is 25.7 Å². The quantitative estimate of drug-likeness (QED) is 0.0222. The smallest absolute Gasteiger partial charge is 0.462 e. The number of rotatable bonds is 84. The van der Waals surface area contributed by atoms with E-state index in [0.717, 1.165) is 102 Å². The Morgan fingerprint density at radius 3 is 0.731 bits per heavy atom. The molecule has 0 saturated carbocycles. The minimum Gasteiger partial charge on any atom is -0.462 e. The lowest BCUT2D eigenvalue weighted by atomic mass is 9.99. The Morgan fingerprint density at radius 2 is 0.490 bits per heavy atom. The number of phosphoric ester groups is 2. The molecule has 0 aliphatic carbocycles. The number of ether oxygens (including phenoxy) is 4. The summed E-state index contributed by atoms with van der Waals surface area (Å²) < 4.78 is 68.9. The van der Waals surface area contributed by atoms with Crippen LogP contribution in [0.3, 0.4) is 0 Å². The summed E-state index contributed by atoms with van der Waals surface area (Å²) in [6.45, 7) is 9.70. The Hall–Kier alpha value is -1.94. The van der Waals surface area contributed by atoms with Crippen LogP contribution in [0, 0.1) is 11.8 Å². The van der Waals surface area contributed by atoms with Crippen molar-refractivity contribution in [2.75, 3.05) is 39.6 Å². The van der Waals surface area contributed by atoms with Gasteiger partial charge in [0.25, 0.3) is 0 Å². The van der Waals surface area contributed by atoms with Crippen molar-refractivity contribution >= 4 is 39.5 Å². The molecule has 0 fully saturated rings. The van der Waals surface area contributed by atoms with Gasteiger partial charge in [-0.15, -0.1) is 0 Å². The molecular formula is C85H166O17P2. The van der Waals surface area contributed by atoms with Crippen LogP contribution in [0.4, 0.5) is 0 Å². The number of esters is 4. The summed E-state index contributed by atoms with van der Waals surface area (Å²) >= 11 is 0. The lowest BCUT2D eigenvalue weighted by molar-refractivity contribution is -0.161. The first-order valence-corrected chi connectivity index (χ1v) is 47.0. The van der Waals surface area contributed by atoms with E-state index in [1.165, 1.54) is 270 Å². The molecule has 618 valence electrons. The van der Waals surface area contributed by atoms with E-state index in [-0.39, 0.29) is 25.7 Å². The highest BCUT2D eigenvalue weighted by atomic mass is 31.2. The summed E-state index contributed by atoms with van der Waals surface area (Å²) in [5.41, 5.74) is 0. The number of phosphoric acid groups is 2. The number of hydrogen-bond acceptors (Lipinski definition) is 15. The van der Waals surface area contributed by atoms with Crippen LogP contribution in [0.15, 0.2) is 0 Å². The second kappa shape index (κ2) is 76.4. The van der Waals surface area contributed by atoms with E-state index < -0.39 is 97.5 Å². The van der Waals surface area contributed by atoms with Crippen molar-refractivity contribution < 1.29 is 80.2 Å². The highest BCUT2D eigenvalue weighted by molar-refractivity contribution is 7.47. The van der Waals surface area contributed by atoms with Gasteiger partial charge in [0.15, 0.2) is 12.2 Å². The van der Waals surface area contributed by atoms with Gasteiger partial charge >= 0.3 is 39.5 Å². The highest BCUT2D eigenvalue weighted by Gasteiger charge is 2.30. The molecule has 3 unspecified atom stereocenters. The summed E-state index contributed by atoms with van der Waals surface area (Å²) in [4.78, 5) is 73.2. The van der Waals surface area contributed by atoms with Crippen molar-refractivity contribution in [3.05, 3.63) is 0 Å². The average Bonchev–Trinajstić information content (AvgIpc) is 0.980. The Bertz CT molecular complexity index is 2000. The second-order valence-corrected chi connectivity index (χ2v) is 34.2. The summed E-state index contributed by atoms with van der Waals surface area (Å²) in [6, 6.07) is 0. The van der Waals surface area contributed by atoms with Gasteiger partial charge in [-0.2, -0.15) is 0 Å². The molecule has 0 heterocycles. The van der Waals surface area contributed by atoms with Gasteiger partial charge in [-0.1, -0.05) is 401 Å². The van der Waals surface area contributed by atoms with Crippen LogP contribution >= 0.6 is 15.6 Å². The average molecular weight is 1520 g/mol. The molecule has 0 bridgehead atoms. The molecule has 19 heteroatoms. The van der Waals surface area contributed by atoms with Gasteiger partial charge in [0.2, 0.25) is 0 Å². The number of hydrogen-bond donors (Lipinski definition) is 3. The first-order chi connectivity index (χ1) is 50.4. The fourth-order valence-electron chi connectivity index (χ4n) is 13.2. The standard InChI is InChI=1S/C85H166O17P2/c1-7-10-12-14-16-18-20-22-24-25-26-27-28-30-36-40-44-52-58-64-70-84(89)101-80(73-95-82(87)67-61-55-49-42-38-34-32-31-33-37-41-47-53-59-65-77(4)5)75-99-103(91,92)97-71-79(86)72-98-104(93,94)100-76-81(74-96-83(88)68-62-56-50-46-45-48-54-60-66-78(6)9-3)102-85(90)69-63-57-51-43-39-35-29-23-21-19-17-15-13-11-8-2/h77-81,86H,7-76H2,1-6H3,(H,91,92)(H,93,94)/t78?,79-,80-,81-/m1/s1. The predicted molar refractivity (Wildman–Crippen MR) is 428 cm³/mol. The minimum absolute atomic E-state index is 0.108. The van der Waals surface area contributed by atoms with Crippen LogP contribution < -0.4 is 0 Å². The van der Waals surface area contributed by atoms with E-state index in [9.17, 15) is 43.2 Å². The lowest BCUT2D eigenvalue weighted by Gasteiger charge is -2.21. The molecule has 0 aliphatic heterocycles. The van der Waals surface area contributed by atoms with Crippen LogP contribution in [0.5, 0.6) is 0 Å². The Kier molecular flexibility index (Phi) is 75.0. The second-order valence-electron chi connectivity index (χ2n) is 31.3. The monoisotopic (exact) mass is 1520 g/mol. The highest BCUT2D eigenvalue weighted by Crippen LogP contribution is 2.45. The van der Waals surface area contributed by atoms with Crippen LogP contribution in [0.2, 0.25) is 0 Å². The third-order valence-electron chi connectivity index (χ3n) is 20.3. The van der Waals surface area contributed by atoms with E-state index in [2.05, 4.69) is 41.5 Å². The van der Waals surface area contributed by atoms with Crippen molar-refractivity contribution in [3.63, 3.8) is 0 Å². The normalized spacial score (nSPS) is 14.1. The SMILES string of the molecule is CCCCCCCCCCCCCCCCCCCCCCC(=O)O[C@H](COC(=O)CCCCCCCCCCCCCCCCC(C)C)COP(=O)(O)OC[C@@H](O)COP(=O)(O)OC[C@@H](COC(=O)CCCCCCCCCCC(C)CC)OC(=O)CCCCCCCCCCCCCCCCC. The van der Waals surface area contributed by atoms with Gasteiger partial charge in [0.1, 0.15) is 19.3 Å². The van der Waals surface area contributed by atoms with Crippen molar-refractivity contribution in [2.45, 2.75) is 471 Å². The lowest BCUT2D eigenvalue weighted by Crippen LogP contribution is -2.30. The largest absolute Gasteiger partial charge is 0.472 e. The van der Waals surface area contributed by atoms with Crippen LogP contribution in [-0.4, -0.2) is 96.7 Å². The molecule has 0 rings (SSSR count). The van der Waals surface area contributed by atoms with E-state index in [4.69, 9.17) is 37.0 Å². The molecule has 0 spiro atoms. The summed E-state index contributed by atoms with van der Waals surface area (Å²) in [5, 5.41) is 10.7. The summed E-state index contributed by atoms with van der Waals surface area (Å²) in [5.74, 6) is -0.525. The number of carbonyl (C=O) groups excluding carboxylic acids is 4. The van der Waals surface area contributed by atoms with Crippen LogP contribution in [-0.2, 0) is 65.4 Å². The molecule has 0 aliphatic rings. The third kappa shape index (κ3) is 76.8. The van der Waals surface area contributed by atoms with E-state index in [0.29, 0.717) is 25.7 Å². The Labute approximate surface area is 638 Å². The zero-order valence-corrected chi connectivity index (χ0v) is 70.1. The number of aliphatic hydroxyl groups excluding tert-OH is 1. The molecule has 17 nitrogen and oxygen atoms in total. The Morgan fingerprint density at radius 1 is 0.279 bits per heavy atom. The van der Waals surface area contributed by atoms with Crippen LogP contribution in [0.1, 0.15) is 452 Å². The zero-order valence-electron chi connectivity index (χ0n) is 68.3. The summed E-state index contributed by atoms with van der Waals surface area (Å²) in [6.07, 6.45) is 67.9. The molecule has 0 aromatic rings. The van der Waals surface area contributed by atoms with E-state index in [1.807, 2.05) is 0 Å². The van der Waals surface area contributed by atoms with Crippen molar-refractivity contribution in [1.82, 2.24) is 0 Å². The maximum Gasteiger partial charge on any atom is 0.472 e. The molecule has 0 saturated heterocycles. The van der Waals surface area contributed by atoms with E-state index >= 15 is 0 Å². The fourth-order valence-corrected chi connectivity index (χ4v) is 14.8. The van der Waals surface area contributed by atoms with Crippen LogP contribution in [0.25, 0.3) is 0 Å². The molecule has 6 atom stereocenters. The molecule has 0 amide bonds. The topological polar surface area (TPSA) is 237 Å². The maximum atomic E-state index is 13.1. The Balaban J connectivity index is 5.26. The number of unbranched alkanes of at least 4 members (excludes halogenated alkanes) is 53. The molecule has 104 heavy (non-hydrogen) atoms. The maximum absolute atomic E-state index is 13.1. The van der Waals surface area contributed by atoms with E-state index in [1.54, 1.807) is 0 Å². The fraction of sp³-hybridized carbons (Fsp3) is 0.953.